The molecule has 0 saturated heterocycles. The summed E-state index contributed by atoms with van der Waals surface area (Å²) in [5, 5.41) is 19.2. The fourth-order valence-electron chi connectivity index (χ4n) is 2.74. The summed E-state index contributed by atoms with van der Waals surface area (Å²) in [6.45, 7) is 3.76. The van der Waals surface area contributed by atoms with Gasteiger partial charge in [-0.05, 0) is 12.0 Å². The molecule has 1 aliphatic rings. The average molecular weight is 279 g/mol. The average Bonchev–Trinajstić information content (AvgIpc) is 2.91. The number of nitrogens with two attached hydrogens (primary N) is 1. The minimum Gasteiger partial charge on any atom is -0.396 e. The first kappa shape index (κ1) is 12.8. The number of anilines is 1. The number of rotatable bonds is 2. The fourth-order valence-corrected chi connectivity index (χ4v) is 2.74. The zero-order valence-electron chi connectivity index (χ0n) is 10.7. The summed E-state index contributed by atoms with van der Waals surface area (Å²) in [5.74, 6) is -0.371. The summed E-state index contributed by atoms with van der Waals surface area (Å²) in [7, 11) is 0. The smallest absolute Gasteiger partial charge is 0.280 e. The molecular formula is C12H15N5O3. The number of fused-ring (bicyclic) bond motifs is 1. The maximum Gasteiger partial charge on any atom is 0.280 e. The number of nitrogens with one attached hydrogen (secondary N) is 1. The Morgan fingerprint density at radius 2 is 2.35 bits per heavy atom. The van der Waals surface area contributed by atoms with Crippen molar-refractivity contribution in [1.82, 2.24) is 19.5 Å². The first-order chi connectivity index (χ1) is 9.52. The van der Waals surface area contributed by atoms with Gasteiger partial charge in [0.1, 0.15) is 0 Å². The summed E-state index contributed by atoms with van der Waals surface area (Å²) in [6.07, 6.45) is 1.20. The van der Waals surface area contributed by atoms with Crippen molar-refractivity contribution in [3.05, 3.63) is 28.8 Å². The van der Waals surface area contributed by atoms with Crippen LogP contribution in [0.15, 0.2) is 23.3 Å². The predicted octanol–water partition coefficient (Wildman–Crippen LogP) is -0.828. The summed E-state index contributed by atoms with van der Waals surface area (Å²) >= 11 is 0. The van der Waals surface area contributed by atoms with Crippen LogP contribution in [0.5, 0.6) is 0 Å². The second-order valence-corrected chi connectivity index (χ2v) is 4.96. The lowest BCUT2D eigenvalue weighted by atomic mass is 10.0. The Labute approximate surface area is 113 Å². The van der Waals surface area contributed by atoms with Crippen LogP contribution in [-0.2, 0) is 0 Å². The Morgan fingerprint density at radius 1 is 1.60 bits per heavy atom. The molecule has 3 rings (SSSR count). The first-order valence-electron chi connectivity index (χ1n) is 6.23. The molecule has 2 aromatic heterocycles. The predicted molar refractivity (Wildman–Crippen MR) is 71.9 cm³/mol. The highest BCUT2D eigenvalue weighted by molar-refractivity contribution is 5.70. The maximum absolute atomic E-state index is 11.7. The quantitative estimate of drug-likeness (QED) is 0.531. The molecule has 8 heteroatoms. The largest absolute Gasteiger partial charge is 0.396 e. The third kappa shape index (κ3) is 1.73. The first-order valence-corrected chi connectivity index (χ1v) is 6.23. The zero-order valence-corrected chi connectivity index (χ0v) is 10.7. The SMILES string of the molecule is C=C1[C@H](CO)[C@@H](O)C[C@@H]1n1[14cH]nc2c(=O)[nH]c(N)nc21. The van der Waals surface area contributed by atoms with Crippen LogP contribution in [0.2, 0.25) is 0 Å². The van der Waals surface area contributed by atoms with Crippen molar-refractivity contribution >= 4 is 17.1 Å². The summed E-state index contributed by atoms with van der Waals surface area (Å²) in [4.78, 5) is 22.2. The van der Waals surface area contributed by atoms with Gasteiger partial charge in [-0.25, -0.2) is 4.98 Å². The fraction of sp³-hybridized carbons (Fsp3) is 0.417. The van der Waals surface area contributed by atoms with E-state index in [2.05, 4.69) is 21.5 Å². The van der Waals surface area contributed by atoms with Gasteiger partial charge in [0, 0.05) is 5.92 Å². The molecule has 0 spiro atoms. The minimum atomic E-state index is -0.672. The summed E-state index contributed by atoms with van der Waals surface area (Å²) < 4.78 is 1.67. The number of aromatic nitrogens is 4. The maximum atomic E-state index is 11.7. The highest BCUT2D eigenvalue weighted by atomic mass is 16.3. The van der Waals surface area contributed by atoms with E-state index in [1.807, 2.05) is 0 Å². The standard InChI is InChI=1S/C12H15N5O3/c1-5-6(3-18)8(19)2-7(5)17-4-14-9-10(17)15-12(13)16-11(9)20/h4,6-8,18-19H,1-3H2,(H3,13,15,16,20)/t6-,7-,8-/m0/s1/i4+2. The van der Waals surface area contributed by atoms with E-state index < -0.39 is 11.7 Å². The number of aromatic amines is 1. The number of hydrogen-bond acceptors (Lipinski definition) is 6. The highest BCUT2D eigenvalue weighted by Crippen LogP contribution is 2.39. The van der Waals surface area contributed by atoms with Gasteiger partial charge in [-0.2, -0.15) is 4.98 Å². The number of nitrogens with zero attached hydrogens (tertiary/aromatic N) is 3. The van der Waals surface area contributed by atoms with E-state index in [1.54, 1.807) is 4.57 Å². The molecule has 0 amide bonds. The summed E-state index contributed by atoms with van der Waals surface area (Å²) in [5.41, 5.74) is 6.37. The molecular weight excluding hydrogens is 264 g/mol. The number of aliphatic hydroxyl groups excluding tert-OH is 2. The Bertz CT molecular complexity index is 734. The molecule has 1 saturated carbocycles. The topological polar surface area (TPSA) is 130 Å². The van der Waals surface area contributed by atoms with Crippen LogP contribution in [0.3, 0.4) is 0 Å². The normalized spacial score (nSPS) is 26.5. The van der Waals surface area contributed by atoms with E-state index in [9.17, 15) is 15.0 Å². The number of imidazole rings is 1. The van der Waals surface area contributed by atoms with Gasteiger partial charge in [-0.1, -0.05) is 6.58 Å². The van der Waals surface area contributed by atoms with E-state index in [1.165, 1.54) is 6.33 Å². The lowest BCUT2D eigenvalue weighted by Gasteiger charge is -2.15. The Balaban J connectivity index is 2.12. The molecule has 1 fully saturated rings. The van der Waals surface area contributed by atoms with Crippen LogP contribution in [0.4, 0.5) is 5.95 Å². The number of hydrogen-bond donors (Lipinski definition) is 4. The monoisotopic (exact) mass is 279 g/mol. The van der Waals surface area contributed by atoms with Crippen molar-refractivity contribution in [2.24, 2.45) is 5.92 Å². The Hall–Kier alpha value is -2.19. The molecule has 0 bridgehead atoms. The molecule has 0 aromatic carbocycles. The van der Waals surface area contributed by atoms with E-state index in [0.717, 1.165) is 0 Å². The molecule has 1 aliphatic carbocycles. The molecule has 5 N–H and O–H groups in total. The van der Waals surface area contributed by atoms with Crippen molar-refractivity contribution in [2.75, 3.05) is 12.3 Å². The molecule has 2 heterocycles. The van der Waals surface area contributed by atoms with Gasteiger partial charge in [0.2, 0.25) is 5.95 Å². The van der Waals surface area contributed by atoms with E-state index in [4.69, 9.17) is 5.73 Å². The van der Waals surface area contributed by atoms with E-state index >= 15 is 0 Å². The van der Waals surface area contributed by atoms with Crippen LogP contribution in [0.25, 0.3) is 11.2 Å². The van der Waals surface area contributed by atoms with Crippen LogP contribution in [-0.4, -0.2) is 42.4 Å². The van der Waals surface area contributed by atoms with Crippen molar-refractivity contribution in [3.8, 4) is 0 Å². The van der Waals surface area contributed by atoms with Gasteiger partial charge >= 0.3 is 0 Å². The van der Waals surface area contributed by atoms with Gasteiger partial charge in [-0.3, -0.25) is 9.78 Å². The minimum absolute atomic E-state index is 0.00659. The van der Waals surface area contributed by atoms with Crippen LogP contribution in [0.1, 0.15) is 12.5 Å². The highest BCUT2D eigenvalue weighted by Gasteiger charge is 2.37. The van der Waals surface area contributed by atoms with Crippen molar-refractivity contribution in [1.29, 1.82) is 0 Å². The van der Waals surface area contributed by atoms with Crippen molar-refractivity contribution in [3.63, 3.8) is 0 Å². The molecule has 0 unspecified atom stereocenters. The van der Waals surface area contributed by atoms with E-state index in [-0.39, 0.29) is 30.0 Å². The molecule has 2 aromatic rings. The van der Waals surface area contributed by atoms with E-state index in [0.29, 0.717) is 17.6 Å². The van der Waals surface area contributed by atoms with Crippen molar-refractivity contribution < 1.29 is 10.2 Å². The molecule has 3 atom stereocenters. The molecule has 20 heavy (non-hydrogen) atoms. The second kappa shape index (κ2) is 4.43. The third-order valence-electron chi connectivity index (χ3n) is 3.82. The van der Waals surface area contributed by atoms with Gasteiger partial charge in [0.25, 0.3) is 5.56 Å². The van der Waals surface area contributed by atoms with Gasteiger partial charge in [0.15, 0.2) is 11.2 Å². The Kier molecular flexibility index (Phi) is 2.84. The lowest BCUT2D eigenvalue weighted by Crippen LogP contribution is -2.17. The molecule has 0 aliphatic heterocycles. The molecule has 0 radical (unpaired) electrons. The van der Waals surface area contributed by atoms with Crippen LogP contribution < -0.4 is 11.3 Å². The lowest BCUT2D eigenvalue weighted by molar-refractivity contribution is 0.101. The number of nitrogen functional groups attached to an aromatic ring is 1. The molecule has 8 nitrogen and oxygen atoms in total. The second-order valence-electron chi connectivity index (χ2n) is 4.96. The van der Waals surface area contributed by atoms with Crippen molar-refractivity contribution in [2.45, 2.75) is 18.6 Å². The van der Waals surface area contributed by atoms with Crippen LogP contribution in [0, 0.1) is 5.92 Å². The van der Waals surface area contributed by atoms with Crippen LogP contribution >= 0.6 is 0 Å². The third-order valence-corrected chi connectivity index (χ3v) is 3.82. The van der Waals surface area contributed by atoms with Gasteiger partial charge in [-0.15, -0.1) is 0 Å². The van der Waals surface area contributed by atoms with Gasteiger partial charge < -0.3 is 20.5 Å². The summed E-state index contributed by atoms with van der Waals surface area (Å²) in [6, 6.07) is -0.263. The number of aliphatic hydroxyl groups is 2. The Morgan fingerprint density at radius 3 is 3.00 bits per heavy atom. The van der Waals surface area contributed by atoms with Gasteiger partial charge in [0.05, 0.1) is 25.1 Å². The molecule has 106 valence electrons. The zero-order chi connectivity index (χ0) is 14.4. The number of H-pyrrole nitrogens is 1.